The number of hydrogen-bond donors (Lipinski definition) is 1. The molecular formula is C12H22N2O2S. The summed E-state index contributed by atoms with van der Waals surface area (Å²) in [5.41, 5.74) is 0. The quantitative estimate of drug-likeness (QED) is 0.807. The van der Waals surface area contributed by atoms with Crippen LogP contribution in [0.4, 0.5) is 0 Å². The fourth-order valence-electron chi connectivity index (χ4n) is 2.02. The molecule has 1 aliphatic heterocycles. The Morgan fingerprint density at radius 3 is 2.82 bits per heavy atom. The van der Waals surface area contributed by atoms with Crippen LogP contribution in [0.2, 0.25) is 0 Å². The van der Waals surface area contributed by atoms with E-state index >= 15 is 0 Å². The third-order valence-electron chi connectivity index (χ3n) is 3.18. The zero-order valence-corrected chi connectivity index (χ0v) is 11.7. The first-order chi connectivity index (χ1) is 8.10. The Labute approximate surface area is 108 Å². The van der Waals surface area contributed by atoms with Crippen LogP contribution in [0.3, 0.4) is 0 Å². The Morgan fingerprint density at radius 1 is 1.53 bits per heavy atom. The lowest BCUT2D eigenvalue weighted by Crippen LogP contribution is -2.47. The summed E-state index contributed by atoms with van der Waals surface area (Å²) in [4.78, 5) is 25.6. The Morgan fingerprint density at radius 2 is 2.24 bits per heavy atom. The van der Waals surface area contributed by atoms with Crippen molar-refractivity contribution >= 4 is 23.6 Å². The highest BCUT2D eigenvalue weighted by Gasteiger charge is 2.30. The van der Waals surface area contributed by atoms with Crippen LogP contribution in [-0.4, -0.2) is 47.4 Å². The average molecular weight is 258 g/mol. The lowest BCUT2D eigenvalue weighted by atomic mass is 10.1. The summed E-state index contributed by atoms with van der Waals surface area (Å²) in [7, 11) is 0. The van der Waals surface area contributed by atoms with Gasteiger partial charge >= 0.3 is 0 Å². The highest BCUT2D eigenvalue weighted by molar-refractivity contribution is 7.98. The first-order valence-electron chi connectivity index (χ1n) is 6.19. The molecule has 4 nitrogen and oxygen atoms in total. The fourth-order valence-corrected chi connectivity index (χ4v) is 2.60. The van der Waals surface area contributed by atoms with Crippen LogP contribution >= 0.6 is 11.8 Å². The maximum absolute atomic E-state index is 12.2. The van der Waals surface area contributed by atoms with Gasteiger partial charge in [-0.25, -0.2) is 0 Å². The van der Waals surface area contributed by atoms with Crippen molar-refractivity contribution in [3.8, 4) is 0 Å². The van der Waals surface area contributed by atoms with Gasteiger partial charge in [-0.2, -0.15) is 11.8 Å². The van der Waals surface area contributed by atoms with Crippen molar-refractivity contribution in [1.82, 2.24) is 10.2 Å². The van der Waals surface area contributed by atoms with Crippen LogP contribution in [0.1, 0.15) is 33.1 Å². The number of nitrogens with zero attached hydrogens (tertiary/aromatic N) is 1. The number of carbonyl (C=O) groups is 2. The minimum absolute atomic E-state index is 0.00948. The van der Waals surface area contributed by atoms with E-state index in [2.05, 4.69) is 18.5 Å². The van der Waals surface area contributed by atoms with Crippen LogP contribution in [0.5, 0.6) is 0 Å². The van der Waals surface area contributed by atoms with Gasteiger partial charge in [-0.05, 0) is 31.8 Å². The molecule has 1 aliphatic rings. The molecule has 0 aromatic rings. The second kappa shape index (κ2) is 6.89. The molecule has 1 saturated heterocycles. The van der Waals surface area contributed by atoms with Crippen molar-refractivity contribution in [2.45, 2.75) is 45.2 Å². The number of carbonyl (C=O) groups excluding carboxylic acids is 2. The number of thioether (sulfide) groups is 1. The number of nitrogens with one attached hydrogen (secondary N) is 1. The third kappa shape index (κ3) is 3.91. The number of amides is 2. The van der Waals surface area contributed by atoms with E-state index in [4.69, 9.17) is 0 Å². The van der Waals surface area contributed by atoms with Gasteiger partial charge < -0.3 is 10.2 Å². The van der Waals surface area contributed by atoms with Gasteiger partial charge in [-0.1, -0.05) is 6.92 Å². The van der Waals surface area contributed by atoms with E-state index in [1.54, 1.807) is 11.8 Å². The van der Waals surface area contributed by atoms with Crippen LogP contribution < -0.4 is 5.32 Å². The van der Waals surface area contributed by atoms with Crippen LogP contribution in [-0.2, 0) is 9.59 Å². The summed E-state index contributed by atoms with van der Waals surface area (Å²) in [6.07, 6.45) is 4.14. The maximum Gasteiger partial charge on any atom is 0.245 e. The molecule has 5 heteroatoms. The van der Waals surface area contributed by atoms with Crippen LogP contribution in [0, 0.1) is 0 Å². The second-order valence-electron chi connectivity index (χ2n) is 4.44. The molecule has 0 saturated carbocycles. The lowest BCUT2D eigenvalue weighted by molar-refractivity contribution is -0.135. The molecule has 0 aromatic heterocycles. The number of rotatable bonds is 5. The molecule has 0 aliphatic carbocycles. The minimum Gasteiger partial charge on any atom is -0.344 e. The van der Waals surface area contributed by atoms with Crippen LogP contribution in [0.15, 0.2) is 0 Å². The van der Waals surface area contributed by atoms with Gasteiger partial charge in [0.1, 0.15) is 6.04 Å². The van der Waals surface area contributed by atoms with Crippen molar-refractivity contribution < 1.29 is 9.59 Å². The standard InChI is InChI=1S/C12H22N2O2S/c1-4-10-12(16)14(7-5-11(15)13-10)9(2)6-8-17-3/h9-10H,4-8H2,1-3H3,(H,13,15). The van der Waals surface area contributed by atoms with Crippen molar-refractivity contribution in [2.75, 3.05) is 18.6 Å². The van der Waals surface area contributed by atoms with Crippen molar-refractivity contribution in [3.05, 3.63) is 0 Å². The van der Waals surface area contributed by atoms with E-state index in [0.717, 1.165) is 12.2 Å². The monoisotopic (exact) mass is 258 g/mol. The lowest BCUT2D eigenvalue weighted by Gasteiger charge is -2.29. The summed E-state index contributed by atoms with van der Waals surface area (Å²) in [5, 5.41) is 2.78. The van der Waals surface area contributed by atoms with Gasteiger partial charge in [-0.3, -0.25) is 9.59 Å². The molecule has 1 rings (SSSR count). The van der Waals surface area contributed by atoms with E-state index in [1.807, 2.05) is 11.8 Å². The molecule has 0 radical (unpaired) electrons. The van der Waals surface area contributed by atoms with Crippen molar-refractivity contribution in [2.24, 2.45) is 0 Å². The van der Waals surface area contributed by atoms with Crippen LogP contribution in [0.25, 0.3) is 0 Å². The van der Waals surface area contributed by atoms with Crippen molar-refractivity contribution in [1.29, 1.82) is 0 Å². The van der Waals surface area contributed by atoms with Gasteiger partial charge in [0, 0.05) is 19.0 Å². The van der Waals surface area contributed by atoms with Crippen molar-refractivity contribution in [3.63, 3.8) is 0 Å². The molecule has 2 unspecified atom stereocenters. The predicted molar refractivity (Wildman–Crippen MR) is 71.0 cm³/mol. The van der Waals surface area contributed by atoms with E-state index in [1.165, 1.54) is 0 Å². The summed E-state index contributed by atoms with van der Waals surface area (Å²) < 4.78 is 0. The predicted octanol–water partition coefficient (Wildman–Crippen LogP) is 1.26. The molecule has 2 atom stereocenters. The molecule has 1 N–H and O–H groups in total. The minimum atomic E-state index is -0.332. The Bertz CT molecular complexity index is 284. The molecule has 0 bridgehead atoms. The molecule has 1 fully saturated rings. The van der Waals surface area contributed by atoms with E-state index in [0.29, 0.717) is 19.4 Å². The smallest absolute Gasteiger partial charge is 0.245 e. The molecular weight excluding hydrogens is 236 g/mol. The summed E-state index contributed by atoms with van der Waals surface area (Å²) in [6, 6.07) is -0.113. The molecule has 98 valence electrons. The molecule has 0 spiro atoms. The first kappa shape index (κ1) is 14.4. The molecule has 2 amide bonds. The first-order valence-corrected chi connectivity index (χ1v) is 7.58. The number of hydrogen-bond acceptors (Lipinski definition) is 3. The zero-order valence-electron chi connectivity index (χ0n) is 10.9. The molecule has 0 aromatic carbocycles. The summed E-state index contributed by atoms with van der Waals surface area (Å²) in [5.74, 6) is 1.11. The topological polar surface area (TPSA) is 49.4 Å². The van der Waals surface area contributed by atoms with Gasteiger partial charge in [0.05, 0.1) is 0 Å². The van der Waals surface area contributed by atoms with Gasteiger partial charge in [0.15, 0.2) is 0 Å². The SMILES string of the molecule is CCC1NC(=O)CCN(C(C)CCSC)C1=O. The van der Waals surface area contributed by atoms with E-state index in [9.17, 15) is 9.59 Å². The summed E-state index contributed by atoms with van der Waals surface area (Å²) >= 11 is 1.79. The average Bonchev–Trinajstić information content (AvgIpc) is 2.46. The Hall–Kier alpha value is -0.710. The summed E-state index contributed by atoms with van der Waals surface area (Å²) in [6.45, 7) is 4.55. The maximum atomic E-state index is 12.2. The fraction of sp³-hybridized carbons (Fsp3) is 0.833. The Balaban J connectivity index is 2.68. The highest BCUT2D eigenvalue weighted by atomic mass is 32.2. The van der Waals surface area contributed by atoms with E-state index in [-0.39, 0.29) is 23.9 Å². The van der Waals surface area contributed by atoms with Gasteiger partial charge in [0.2, 0.25) is 11.8 Å². The Kier molecular flexibility index (Phi) is 5.82. The molecule has 17 heavy (non-hydrogen) atoms. The highest BCUT2D eigenvalue weighted by Crippen LogP contribution is 2.14. The molecule has 1 heterocycles. The van der Waals surface area contributed by atoms with Gasteiger partial charge in [0.25, 0.3) is 0 Å². The second-order valence-corrected chi connectivity index (χ2v) is 5.43. The normalized spacial score (nSPS) is 23.2. The zero-order chi connectivity index (χ0) is 12.8. The third-order valence-corrected chi connectivity index (χ3v) is 3.82. The largest absolute Gasteiger partial charge is 0.344 e. The van der Waals surface area contributed by atoms with E-state index < -0.39 is 0 Å². The van der Waals surface area contributed by atoms with Gasteiger partial charge in [-0.15, -0.1) is 0 Å².